The Morgan fingerprint density at radius 2 is 1.76 bits per heavy atom. The van der Waals surface area contributed by atoms with Crippen molar-refractivity contribution in [2.75, 3.05) is 19.6 Å². The van der Waals surface area contributed by atoms with Gasteiger partial charge in [-0.25, -0.2) is 4.79 Å². The normalized spacial score (nSPS) is 19.2. The molecular formula is C20H29N3O2. The minimum Gasteiger partial charge on any atom is -0.352 e. The zero-order chi connectivity index (χ0) is 17.6. The van der Waals surface area contributed by atoms with E-state index in [1.165, 1.54) is 36.8 Å². The van der Waals surface area contributed by atoms with Crippen molar-refractivity contribution in [3.8, 4) is 0 Å². The van der Waals surface area contributed by atoms with Gasteiger partial charge in [0, 0.05) is 25.7 Å². The number of urea groups is 1. The summed E-state index contributed by atoms with van der Waals surface area (Å²) in [6.07, 6.45) is 7.06. The fourth-order valence-corrected chi connectivity index (χ4v) is 3.79. The van der Waals surface area contributed by atoms with E-state index in [1.54, 1.807) is 4.90 Å². The van der Waals surface area contributed by atoms with Crippen LogP contribution in [0.3, 0.4) is 0 Å². The van der Waals surface area contributed by atoms with Crippen LogP contribution in [0.4, 0.5) is 4.79 Å². The number of nitrogens with one attached hydrogen (secondary N) is 1. The van der Waals surface area contributed by atoms with Gasteiger partial charge >= 0.3 is 6.03 Å². The van der Waals surface area contributed by atoms with Crippen molar-refractivity contribution in [3.63, 3.8) is 0 Å². The largest absolute Gasteiger partial charge is 0.352 e. The monoisotopic (exact) mass is 343 g/mol. The second-order valence-corrected chi connectivity index (χ2v) is 7.31. The van der Waals surface area contributed by atoms with Gasteiger partial charge in [-0.1, -0.05) is 49.9 Å². The van der Waals surface area contributed by atoms with E-state index in [2.05, 4.69) is 24.4 Å². The van der Waals surface area contributed by atoms with Crippen LogP contribution in [0.5, 0.6) is 0 Å². The molecule has 0 bridgehead atoms. The molecule has 0 spiro atoms. The van der Waals surface area contributed by atoms with Gasteiger partial charge < -0.3 is 15.1 Å². The van der Waals surface area contributed by atoms with Crippen molar-refractivity contribution in [2.45, 2.75) is 58.0 Å². The van der Waals surface area contributed by atoms with E-state index in [-0.39, 0.29) is 24.5 Å². The molecule has 5 heteroatoms. The maximum Gasteiger partial charge on any atom is 0.320 e. The number of carbonyl (C=O) groups excluding carboxylic acids is 2. The molecular weight excluding hydrogens is 314 g/mol. The third-order valence-electron chi connectivity index (χ3n) is 5.36. The van der Waals surface area contributed by atoms with Gasteiger partial charge in [0.25, 0.3) is 0 Å². The van der Waals surface area contributed by atoms with Crippen molar-refractivity contribution in [3.05, 3.63) is 35.4 Å². The number of benzene rings is 1. The second-order valence-electron chi connectivity index (χ2n) is 7.31. The van der Waals surface area contributed by atoms with Gasteiger partial charge in [-0.3, -0.25) is 4.79 Å². The van der Waals surface area contributed by atoms with Crippen LogP contribution in [-0.4, -0.2) is 47.4 Å². The van der Waals surface area contributed by atoms with Crippen LogP contribution in [0, 0.1) is 6.92 Å². The molecule has 1 aromatic rings. The summed E-state index contributed by atoms with van der Waals surface area (Å²) in [6.45, 7) is 4.17. The molecule has 5 nitrogen and oxygen atoms in total. The molecule has 3 rings (SSSR count). The number of carbonyl (C=O) groups is 2. The molecule has 0 radical (unpaired) electrons. The van der Waals surface area contributed by atoms with Crippen molar-refractivity contribution in [1.29, 1.82) is 0 Å². The molecule has 3 amide bonds. The summed E-state index contributed by atoms with van der Waals surface area (Å²) in [5, 5.41) is 3.13. The van der Waals surface area contributed by atoms with Crippen LogP contribution >= 0.6 is 0 Å². The van der Waals surface area contributed by atoms with Gasteiger partial charge in [0.15, 0.2) is 0 Å². The highest BCUT2D eigenvalue weighted by Crippen LogP contribution is 2.18. The highest BCUT2D eigenvalue weighted by Gasteiger charge is 2.30. The van der Waals surface area contributed by atoms with Crippen LogP contribution in [0.1, 0.15) is 49.7 Å². The standard InChI is InChI=1S/C20H29N3O2/c1-16-8-6-7-9-17(16)14-22-12-13-23(20(22)25)15-19(24)21-18-10-4-2-3-5-11-18/h6-9,18H,2-5,10-15H2,1H3,(H,21,24). The highest BCUT2D eigenvalue weighted by atomic mass is 16.2. The molecule has 1 saturated carbocycles. The topological polar surface area (TPSA) is 52.6 Å². The molecule has 0 aromatic heterocycles. The fraction of sp³-hybridized carbons (Fsp3) is 0.600. The van der Waals surface area contributed by atoms with Crippen LogP contribution < -0.4 is 5.32 Å². The number of nitrogens with zero attached hydrogens (tertiary/aromatic N) is 2. The number of aryl methyl sites for hydroxylation is 1. The van der Waals surface area contributed by atoms with Crippen molar-refractivity contribution in [2.24, 2.45) is 0 Å². The van der Waals surface area contributed by atoms with E-state index in [4.69, 9.17) is 0 Å². The summed E-state index contributed by atoms with van der Waals surface area (Å²) in [5.74, 6) is -0.0157. The predicted molar refractivity (Wildman–Crippen MR) is 98.2 cm³/mol. The first kappa shape index (κ1) is 17.8. The minimum absolute atomic E-state index is 0.0157. The Morgan fingerprint density at radius 3 is 2.48 bits per heavy atom. The van der Waals surface area contributed by atoms with Gasteiger partial charge in [-0.05, 0) is 30.9 Å². The number of hydrogen-bond acceptors (Lipinski definition) is 2. The summed E-state index contributed by atoms with van der Waals surface area (Å²) in [7, 11) is 0. The number of amides is 3. The summed E-state index contributed by atoms with van der Waals surface area (Å²) < 4.78 is 0. The predicted octanol–water partition coefficient (Wildman–Crippen LogP) is 3.07. The Balaban J connectivity index is 1.49. The lowest BCUT2D eigenvalue weighted by Gasteiger charge is -2.21. The lowest BCUT2D eigenvalue weighted by molar-refractivity contribution is -0.122. The van der Waals surface area contributed by atoms with Crippen LogP contribution in [0.15, 0.2) is 24.3 Å². The molecule has 1 aromatic carbocycles. The first-order chi connectivity index (χ1) is 12.1. The molecule has 25 heavy (non-hydrogen) atoms. The lowest BCUT2D eigenvalue weighted by atomic mass is 10.1. The smallest absolute Gasteiger partial charge is 0.320 e. The number of rotatable bonds is 5. The van der Waals surface area contributed by atoms with E-state index in [1.807, 2.05) is 17.0 Å². The number of hydrogen-bond donors (Lipinski definition) is 1. The highest BCUT2D eigenvalue weighted by molar-refractivity contribution is 5.85. The van der Waals surface area contributed by atoms with Gasteiger partial charge in [0.1, 0.15) is 6.54 Å². The Hall–Kier alpha value is -2.04. The maximum atomic E-state index is 12.6. The lowest BCUT2D eigenvalue weighted by Crippen LogP contribution is -2.43. The molecule has 2 aliphatic rings. The van der Waals surface area contributed by atoms with E-state index >= 15 is 0 Å². The molecule has 1 aliphatic carbocycles. The van der Waals surface area contributed by atoms with Gasteiger partial charge in [0.2, 0.25) is 5.91 Å². The van der Waals surface area contributed by atoms with Gasteiger partial charge in [0.05, 0.1) is 0 Å². The molecule has 1 aliphatic heterocycles. The molecule has 0 unspecified atom stereocenters. The maximum absolute atomic E-state index is 12.6. The van der Waals surface area contributed by atoms with Crippen molar-refractivity contribution in [1.82, 2.24) is 15.1 Å². The Bertz CT molecular complexity index is 609. The second kappa shape index (κ2) is 8.37. The van der Waals surface area contributed by atoms with E-state index in [9.17, 15) is 9.59 Å². The third kappa shape index (κ3) is 4.74. The molecule has 1 N–H and O–H groups in total. The zero-order valence-electron chi connectivity index (χ0n) is 15.2. The van der Waals surface area contributed by atoms with Crippen LogP contribution in [0.2, 0.25) is 0 Å². The van der Waals surface area contributed by atoms with E-state index in [0.717, 1.165) is 12.8 Å². The zero-order valence-corrected chi connectivity index (χ0v) is 15.2. The van der Waals surface area contributed by atoms with E-state index < -0.39 is 0 Å². The van der Waals surface area contributed by atoms with Crippen LogP contribution in [0.25, 0.3) is 0 Å². The Labute approximate surface area is 150 Å². The molecule has 2 fully saturated rings. The van der Waals surface area contributed by atoms with E-state index in [0.29, 0.717) is 19.6 Å². The first-order valence-corrected chi connectivity index (χ1v) is 9.51. The summed E-state index contributed by atoms with van der Waals surface area (Å²) >= 11 is 0. The molecule has 1 saturated heterocycles. The van der Waals surface area contributed by atoms with Gasteiger partial charge in [-0.2, -0.15) is 0 Å². The summed E-state index contributed by atoms with van der Waals surface area (Å²) in [5.41, 5.74) is 2.36. The molecule has 136 valence electrons. The van der Waals surface area contributed by atoms with Gasteiger partial charge in [-0.15, -0.1) is 0 Å². The Kier molecular flexibility index (Phi) is 5.95. The molecule has 1 heterocycles. The average Bonchev–Trinajstić information content (AvgIpc) is 2.79. The first-order valence-electron chi connectivity index (χ1n) is 9.51. The van der Waals surface area contributed by atoms with Crippen LogP contribution in [-0.2, 0) is 11.3 Å². The average molecular weight is 343 g/mol. The quantitative estimate of drug-likeness (QED) is 0.836. The third-order valence-corrected chi connectivity index (χ3v) is 5.36. The van der Waals surface area contributed by atoms with Crippen molar-refractivity contribution < 1.29 is 9.59 Å². The van der Waals surface area contributed by atoms with Crippen molar-refractivity contribution >= 4 is 11.9 Å². The summed E-state index contributed by atoms with van der Waals surface area (Å²) in [6, 6.07) is 8.39. The fourth-order valence-electron chi connectivity index (χ4n) is 3.79. The molecule has 0 atom stereocenters. The SMILES string of the molecule is Cc1ccccc1CN1CCN(CC(=O)NC2CCCCCC2)C1=O. The Morgan fingerprint density at radius 1 is 1.08 bits per heavy atom. The summed E-state index contributed by atoms with van der Waals surface area (Å²) in [4.78, 5) is 28.4. The minimum atomic E-state index is -0.0285.